The smallest absolute Gasteiger partial charge is 0.348 e. The third-order valence-corrected chi connectivity index (χ3v) is 4.70. The van der Waals surface area contributed by atoms with E-state index < -0.39 is 28.8 Å². The third-order valence-electron chi connectivity index (χ3n) is 4.70. The molecule has 1 aromatic carbocycles. The van der Waals surface area contributed by atoms with Gasteiger partial charge in [-0.15, -0.1) is 0 Å². The van der Waals surface area contributed by atoms with E-state index in [1.54, 1.807) is 24.3 Å². The summed E-state index contributed by atoms with van der Waals surface area (Å²) in [5.41, 5.74) is -1.36. The first-order valence-corrected chi connectivity index (χ1v) is 9.02. The van der Waals surface area contributed by atoms with Gasteiger partial charge in [0.25, 0.3) is 5.56 Å². The Morgan fingerprint density at radius 1 is 1.23 bits per heavy atom. The van der Waals surface area contributed by atoms with Crippen LogP contribution in [-0.4, -0.2) is 32.4 Å². The van der Waals surface area contributed by atoms with Gasteiger partial charge < -0.3 is 14.8 Å². The number of amides is 1. The molecule has 10 nitrogen and oxygen atoms in total. The highest BCUT2D eigenvalue weighted by Crippen LogP contribution is 2.24. The lowest BCUT2D eigenvalue weighted by atomic mass is 10.1. The number of para-hydroxylation sites is 1. The molecule has 156 valence electrons. The maximum Gasteiger partial charge on any atom is 0.348 e. The molecule has 2 N–H and O–H groups in total. The molecule has 0 aliphatic carbocycles. The Kier molecular flexibility index (Phi) is 5.67. The summed E-state index contributed by atoms with van der Waals surface area (Å²) in [6.07, 6.45) is 1.09. The molecule has 0 saturated heterocycles. The van der Waals surface area contributed by atoms with Crippen LogP contribution >= 0.6 is 0 Å². The molecule has 10 heteroatoms. The second-order valence-electron chi connectivity index (χ2n) is 6.69. The van der Waals surface area contributed by atoms with Gasteiger partial charge in [0.05, 0.1) is 11.9 Å². The maximum atomic E-state index is 12.3. The van der Waals surface area contributed by atoms with Crippen molar-refractivity contribution < 1.29 is 14.3 Å². The number of aromatic nitrogens is 2. The van der Waals surface area contributed by atoms with Gasteiger partial charge in [0, 0.05) is 32.1 Å². The number of carbonyl (C=O) groups is 1. The molecule has 1 amide bonds. The summed E-state index contributed by atoms with van der Waals surface area (Å²) in [6, 6.07) is 6.85. The first kappa shape index (κ1) is 20.8. The molecule has 0 aliphatic heterocycles. The second kappa shape index (κ2) is 8.19. The minimum absolute atomic E-state index is 0.0517. The summed E-state index contributed by atoms with van der Waals surface area (Å²) in [5.74, 6) is -0.780. The van der Waals surface area contributed by atoms with Crippen molar-refractivity contribution in [1.29, 1.82) is 0 Å². The highest BCUT2D eigenvalue weighted by atomic mass is 16.4. The summed E-state index contributed by atoms with van der Waals surface area (Å²) in [7, 11) is 2.86. The number of aliphatic imine (C=N–C) groups is 1. The standard InChI is InChI=1S/C20H20N4O6/c1-11(18(27)22-9-12-8-16(25)24(3)20(29)23(12)2)21-10-14-17(26)13-6-4-5-7-15(13)30-19(14)28/h4-8,10-11,26H,9H2,1-3H3,(H,22,27)/t11-/m0/s1. The van der Waals surface area contributed by atoms with E-state index in [0.717, 1.165) is 10.8 Å². The summed E-state index contributed by atoms with van der Waals surface area (Å²) in [5, 5.41) is 13.3. The van der Waals surface area contributed by atoms with Crippen molar-refractivity contribution >= 4 is 23.1 Å². The largest absolute Gasteiger partial charge is 0.506 e. The van der Waals surface area contributed by atoms with Gasteiger partial charge in [-0.2, -0.15) is 0 Å². The van der Waals surface area contributed by atoms with Crippen LogP contribution in [-0.2, 0) is 25.4 Å². The zero-order valence-corrected chi connectivity index (χ0v) is 16.6. The van der Waals surface area contributed by atoms with Crippen molar-refractivity contribution in [1.82, 2.24) is 14.5 Å². The van der Waals surface area contributed by atoms with Gasteiger partial charge in [-0.25, -0.2) is 9.59 Å². The highest BCUT2D eigenvalue weighted by Gasteiger charge is 2.15. The molecule has 0 unspecified atom stereocenters. The lowest BCUT2D eigenvalue weighted by Gasteiger charge is -2.12. The van der Waals surface area contributed by atoms with Crippen LogP contribution in [0.2, 0.25) is 0 Å². The van der Waals surface area contributed by atoms with Crippen molar-refractivity contribution in [2.75, 3.05) is 0 Å². The molecule has 30 heavy (non-hydrogen) atoms. The van der Waals surface area contributed by atoms with E-state index in [9.17, 15) is 24.3 Å². The molecule has 0 spiro atoms. The van der Waals surface area contributed by atoms with Crippen molar-refractivity contribution in [2.24, 2.45) is 19.1 Å². The van der Waals surface area contributed by atoms with E-state index >= 15 is 0 Å². The highest BCUT2D eigenvalue weighted by molar-refractivity contribution is 5.94. The van der Waals surface area contributed by atoms with Gasteiger partial charge in [-0.05, 0) is 19.1 Å². The molecule has 0 fully saturated rings. The Labute approximate surface area is 169 Å². The molecule has 3 rings (SSSR count). The SMILES string of the molecule is C[C@H](N=Cc1c(O)c2ccccc2oc1=O)C(=O)NCc1cc(=O)n(C)c(=O)n1C. The van der Waals surface area contributed by atoms with Gasteiger partial charge in [0.15, 0.2) is 0 Å². The lowest BCUT2D eigenvalue weighted by molar-refractivity contribution is -0.122. The van der Waals surface area contributed by atoms with Crippen molar-refractivity contribution in [3.05, 3.63) is 72.8 Å². The average molecular weight is 412 g/mol. The van der Waals surface area contributed by atoms with Crippen LogP contribution < -0.4 is 22.2 Å². The van der Waals surface area contributed by atoms with Gasteiger partial charge in [-0.1, -0.05) is 12.1 Å². The molecule has 3 aromatic rings. The molecule has 0 aliphatic rings. The first-order valence-electron chi connectivity index (χ1n) is 9.02. The molecule has 0 bridgehead atoms. The van der Waals surface area contributed by atoms with Gasteiger partial charge in [0.1, 0.15) is 22.9 Å². The number of nitrogens with one attached hydrogen (secondary N) is 1. The summed E-state index contributed by atoms with van der Waals surface area (Å²) < 4.78 is 7.36. The van der Waals surface area contributed by atoms with Gasteiger partial charge in [0.2, 0.25) is 5.91 Å². The Balaban J connectivity index is 1.76. The Morgan fingerprint density at radius 2 is 1.93 bits per heavy atom. The Bertz CT molecular complexity index is 1330. The fraction of sp³-hybridized carbons (Fsp3) is 0.250. The molecular formula is C20H20N4O6. The average Bonchev–Trinajstić information content (AvgIpc) is 2.73. The number of nitrogens with zero attached hydrogens (tertiary/aromatic N) is 3. The molecule has 2 aromatic heterocycles. The minimum atomic E-state index is -0.904. The van der Waals surface area contributed by atoms with Crippen molar-refractivity contribution in [2.45, 2.75) is 19.5 Å². The number of fused-ring (bicyclic) bond motifs is 1. The summed E-state index contributed by atoms with van der Waals surface area (Å²) in [4.78, 5) is 52.1. The fourth-order valence-corrected chi connectivity index (χ4v) is 2.79. The van der Waals surface area contributed by atoms with E-state index in [4.69, 9.17) is 4.42 Å². The minimum Gasteiger partial charge on any atom is -0.506 e. The van der Waals surface area contributed by atoms with Crippen LogP contribution in [0.3, 0.4) is 0 Å². The zero-order valence-electron chi connectivity index (χ0n) is 16.6. The molecular weight excluding hydrogens is 392 g/mol. The van der Waals surface area contributed by atoms with Crippen LogP contribution in [0.15, 0.2) is 54.1 Å². The summed E-state index contributed by atoms with van der Waals surface area (Å²) in [6.45, 7) is 1.44. The number of carbonyl (C=O) groups excluding carboxylic acids is 1. The van der Waals surface area contributed by atoms with E-state index in [0.29, 0.717) is 11.1 Å². The third kappa shape index (κ3) is 3.93. The predicted octanol–water partition coefficient (Wildman–Crippen LogP) is 0.0198. The number of rotatable bonds is 5. The van der Waals surface area contributed by atoms with E-state index in [1.807, 2.05) is 0 Å². The van der Waals surface area contributed by atoms with E-state index in [1.165, 1.54) is 31.7 Å². The second-order valence-corrected chi connectivity index (χ2v) is 6.69. The van der Waals surface area contributed by atoms with Crippen molar-refractivity contribution in [3.8, 4) is 5.75 Å². The topological polar surface area (TPSA) is 136 Å². The van der Waals surface area contributed by atoms with Gasteiger partial charge in [-0.3, -0.25) is 23.7 Å². The number of hydrogen-bond donors (Lipinski definition) is 2. The maximum absolute atomic E-state index is 12.3. The van der Waals surface area contributed by atoms with Gasteiger partial charge >= 0.3 is 11.3 Å². The number of hydrogen-bond acceptors (Lipinski definition) is 7. The zero-order chi connectivity index (χ0) is 22.0. The molecule has 0 radical (unpaired) electrons. The number of aromatic hydroxyl groups is 1. The summed E-state index contributed by atoms with van der Waals surface area (Å²) >= 11 is 0. The van der Waals surface area contributed by atoms with Crippen LogP contribution in [0.5, 0.6) is 5.75 Å². The Hall–Kier alpha value is -3.95. The lowest BCUT2D eigenvalue weighted by Crippen LogP contribution is -2.40. The van der Waals surface area contributed by atoms with E-state index in [-0.39, 0.29) is 23.4 Å². The van der Waals surface area contributed by atoms with E-state index in [2.05, 4.69) is 10.3 Å². The number of benzene rings is 1. The Morgan fingerprint density at radius 3 is 2.67 bits per heavy atom. The van der Waals surface area contributed by atoms with Crippen molar-refractivity contribution in [3.63, 3.8) is 0 Å². The molecule has 1 atom stereocenters. The van der Waals surface area contributed by atoms with Crippen LogP contribution in [0.25, 0.3) is 11.0 Å². The molecule has 2 heterocycles. The monoisotopic (exact) mass is 412 g/mol. The fourth-order valence-electron chi connectivity index (χ4n) is 2.79. The van der Waals surface area contributed by atoms with Crippen LogP contribution in [0, 0.1) is 0 Å². The normalized spacial score (nSPS) is 12.4. The first-order chi connectivity index (χ1) is 14.2. The van der Waals surface area contributed by atoms with Crippen LogP contribution in [0.4, 0.5) is 0 Å². The quantitative estimate of drug-likeness (QED) is 0.448. The molecule has 0 saturated carbocycles. The van der Waals surface area contributed by atoms with Crippen LogP contribution in [0.1, 0.15) is 18.2 Å². The predicted molar refractivity (Wildman–Crippen MR) is 110 cm³/mol.